The second-order valence-corrected chi connectivity index (χ2v) is 8.89. The van der Waals surface area contributed by atoms with Gasteiger partial charge in [0.25, 0.3) is 0 Å². The molecule has 2 N–H and O–H groups in total. The van der Waals surface area contributed by atoms with Gasteiger partial charge in [-0.3, -0.25) is 0 Å². The number of allylic oxidation sites excluding steroid dienone is 3. The van der Waals surface area contributed by atoms with Gasteiger partial charge in [0.15, 0.2) is 9.84 Å². The minimum Gasteiger partial charge on any atom is -0.478 e. The predicted molar refractivity (Wildman–Crippen MR) is 94.4 cm³/mol. The van der Waals surface area contributed by atoms with E-state index in [1.165, 1.54) is 0 Å². The first kappa shape index (κ1) is 18.5. The average Bonchev–Trinajstić information content (AvgIpc) is 2.45. The molecule has 0 aromatic heterocycles. The molecular formula is C17H20ClNO4S. The largest absolute Gasteiger partial charge is 0.478 e. The Morgan fingerprint density at radius 2 is 1.79 bits per heavy atom. The van der Waals surface area contributed by atoms with Crippen molar-refractivity contribution in [2.75, 3.05) is 0 Å². The highest BCUT2D eigenvalue weighted by atomic mass is 35.5. The lowest BCUT2D eigenvalue weighted by Crippen LogP contribution is -2.33. The first-order valence-electron chi connectivity index (χ1n) is 7.49. The number of aliphatic carboxylic acids is 1. The molecule has 24 heavy (non-hydrogen) atoms. The number of hydrogen-bond acceptors (Lipinski definition) is 4. The van der Waals surface area contributed by atoms with Crippen molar-refractivity contribution in [3.63, 3.8) is 0 Å². The number of carboxylic acid groups (broad SMARTS) is 1. The smallest absolute Gasteiger partial charge is 0.334 e. The summed E-state index contributed by atoms with van der Waals surface area (Å²) in [5.74, 6) is -2.11. The van der Waals surface area contributed by atoms with Crippen molar-refractivity contribution in [2.24, 2.45) is 0 Å². The van der Waals surface area contributed by atoms with E-state index in [-0.39, 0.29) is 10.5 Å². The van der Waals surface area contributed by atoms with E-state index in [2.05, 4.69) is 5.32 Å². The second kappa shape index (κ2) is 6.61. The molecule has 0 fully saturated rings. The molecule has 0 saturated heterocycles. The van der Waals surface area contributed by atoms with Gasteiger partial charge in [0.05, 0.1) is 21.6 Å². The maximum Gasteiger partial charge on any atom is 0.334 e. The van der Waals surface area contributed by atoms with Crippen LogP contribution in [0.4, 0.5) is 0 Å². The summed E-state index contributed by atoms with van der Waals surface area (Å²) in [4.78, 5) is 11.9. The third-order valence-corrected chi connectivity index (χ3v) is 6.81. The fraction of sp³-hybridized carbons (Fsp3) is 0.353. The van der Waals surface area contributed by atoms with E-state index in [4.69, 9.17) is 11.6 Å². The molecule has 2 rings (SSSR count). The topological polar surface area (TPSA) is 83.5 Å². The summed E-state index contributed by atoms with van der Waals surface area (Å²) < 4.78 is 25.8. The number of rotatable bonds is 4. The molecule has 1 heterocycles. The number of hydrogen-bond donors (Lipinski definition) is 2. The van der Waals surface area contributed by atoms with Gasteiger partial charge < -0.3 is 10.4 Å². The number of nitrogens with one attached hydrogen (secondary N) is 1. The van der Waals surface area contributed by atoms with Gasteiger partial charge in [-0.1, -0.05) is 29.8 Å². The van der Waals surface area contributed by atoms with Crippen LogP contribution in [0.2, 0.25) is 5.02 Å². The average molecular weight is 370 g/mol. The molecule has 0 aliphatic carbocycles. The van der Waals surface area contributed by atoms with E-state index in [0.29, 0.717) is 22.0 Å². The van der Waals surface area contributed by atoms with Crippen LogP contribution < -0.4 is 5.32 Å². The number of carbonyl (C=O) groups is 1. The summed E-state index contributed by atoms with van der Waals surface area (Å²) in [5, 5.41) is 12.2. The zero-order chi connectivity index (χ0) is 18.2. The monoisotopic (exact) mass is 369 g/mol. The Morgan fingerprint density at radius 1 is 1.21 bits per heavy atom. The van der Waals surface area contributed by atoms with E-state index in [9.17, 15) is 18.3 Å². The number of carboxylic acids is 1. The molecule has 1 aliphatic rings. The number of dihydropyridines is 1. The Morgan fingerprint density at radius 3 is 2.29 bits per heavy atom. The molecule has 0 spiro atoms. The third kappa shape index (κ3) is 3.08. The van der Waals surface area contributed by atoms with Crippen LogP contribution in [0.3, 0.4) is 0 Å². The summed E-state index contributed by atoms with van der Waals surface area (Å²) in [6, 6.07) is 6.73. The minimum absolute atomic E-state index is 0.00655. The summed E-state index contributed by atoms with van der Waals surface area (Å²) in [6.07, 6.45) is 0. The SMILES string of the molecule is CC1=C(C(=O)O)C(c2ccccc2Cl)C(S(=O)(=O)C(C)C)=C(C)N1. The predicted octanol–water partition coefficient (Wildman–Crippen LogP) is 3.44. The van der Waals surface area contributed by atoms with Crippen LogP contribution in [0, 0.1) is 0 Å². The zero-order valence-corrected chi connectivity index (χ0v) is 15.5. The molecule has 1 unspecified atom stereocenters. The molecule has 7 heteroatoms. The highest BCUT2D eigenvalue weighted by Gasteiger charge is 2.41. The van der Waals surface area contributed by atoms with E-state index >= 15 is 0 Å². The normalized spacial score (nSPS) is 18.8. The fourth-order valence-electron chi connectivity index (χ4n) is 2.90. The fourth-order valence-corrected chi connectivity index (χ4v) is 4.70. The quantitative estimate of drug-likeness (QED) is 0.849. The number of sulfone groups is 1. The second-order valence-electron chi connectivity index (χ2n) is 6.01. The lowest BCUT2D eigenvalue weighted by atomic mass is 9.86. The Bertz CT molecular complexity index is 853. The van der Waals surface area contributed by atoms with Crippen LogP contribution in [0.5, 0.6) is 0 Å². The van der Waals surface area contributed by atoms with Gasteiger partial charge in [-0.2, -0.15) is 0 Å². The molecule has 1 aromatic rings. The minimum atomic E-state index is -3.69. The Kier molecular flexibility index (Phi) is 5.11. The van der Waals surface area contributed by atoms with Crippen LogP contribution >= 0.6 is 11.6 Å². The van der Waals surface area contributed by atoms with Gasteiger partial charge in [0.1, 0.15) is 0 Å². The van der Waals surface area contributed by atoms with Crippen molar-refractivity contribution in [2.45, 2.75) is 38.9 Å². The van der Waals surface area contributed by atoms with Gasteiger partial charge in [-0.05, 0) is 39.3 Å². The van der Waals surface area contributed by atoms with Crippen LogP contribution in [-0.4, -0.2) is 24.7 Å². The first-order valence-corrected chi connectivity index (χ1v) is 9.41. The van der Waals surface area contributed by atoms with Crippen LogP contribution in [-0.2, 0) is 14.6 Å². The van der Waals surface area contributed by atoms with Gasteiger partial charge >= 0.3 is 5.97 Å². The van der Waals surface area contributed by atoms with Gasteiger partial charge in [-0.15, -0.1) is 0 Å². The van der Waals surface area contributed by atoms with Crippen molar-refractivity contribution in [1.82, 2.24) is 5.32 Å². The van der Waals surface area contributed by atoms with E-state index in [1.807, 2.05) is 0 Å². The molecule has 130 valence electrons. The highest BCUT2D eigenvalue weighted by molar-refractivity contribution is 7.95. The van der Waals surface area contributed by atoms with Gasteiger partial charge in [0, 0.05) is 16.4 Å². The summed E-state index contributed by atoms with van der Waals surface area (Å²) in [7, 11) is -3.69. The molecule has 1 aromatic carbocycles. The van der Waals surface area contributed by atoms with Crippen molar-refractivity contribution in [3.05, 3.63) is 56.7 Å². The van der Waals surface area contributed by atoms with Crippen molar-refractivity contribution in [3.8, 4) is 0 Å². The van der Waals surface area contributed by atoms with Crippen LogP contribution in [0.25, 0.3) is 0 Å². The molecule has 5 nitrogen and oxygen atoms in total. The lowest BCUT2D eigenvalue weighted by Gasteiger charge is -2.31. The molecule has 0 bridgehead atoms. The summed E-state index contributed by atoms with van der Waals surface area (Å²) >= 11 is 6.26. The van der Waals surface area contributed by atoms with E-state index in [0.717, 1.165) is 0 Å². The Hall–Kier alpha value is -1.79. The molecule has 1 atom stereocenters. The Labute approximate surface area is 146 Å². The maximum absolute atomic E-state index is 12.9. The van der Waals surface area contributed by atoms with Crippen molar-refractivity contribution < 1.29 is 18.3 Å². The van der Waals surface area contributed by atoms with Crippen molar-refractivity contribution in [1.29, 1.82) is 0 Å². The standard InChI is InChI=1S/C17H20ClNO4S/c1-9(2)24(22,23)16-11(4)19-10(3)14(17(20)21)15(16)12-7-5-6-8-13(12)18/h5-9,15,19H,1-4H3,(H,20,21). The highest BCUT2D eigenvalue weighted by Crippen LogP contribution is 2.43. The summed E-state index contributed by atoms with van der Waals surface area (Å²) in [5.41, 5.74) is 1.30. The van der Waals surface area contributed by atoms with Crippen LogP contribution in [0.1, 0.15) is 39.2 Å². The third-order valence-electron chi connectivity index (χ3n) is 4.07. The van der Waals surface area contributed by atoms with E-state index < -0.39 is 27.0 Å². The lowest BCUT2D eigenvalue weighted by molar-refractivity contribution is -0.133. The molecule has 0 radical (unpaired) electrons. The van der Waals surface area contributed by atoms with Gasteiger partial charge in [0.2, 0.25) is 0 Å². The molecule has 0 saturated carbocycles. The molecular weight excluding hydrogens is 350 g/mol. The van der Waals surface area contributed by atoms with Crippen molar-refractivity contribution >= 4 is 27.4 Å². The first-order chi connectivity index (χ1) is 11.1. The molecule has 1 aliphatic heterocycles. The Balaban J connectivity index is 2.84. The maximum atomic E-state index is 12.9. The molecule has 0 amide bonds. The number of benzene rings is 1. The number of halogens is 1. The zero-order valence-electron chi connectivity index (χ0n) is 13.9. The van der Waals surface area contributed by atoms with Gasteiger partial charge in [-0.25, -0.2) is 13.2 Å². The van der Waals surface area contributed by atoms with E-state index in [1.54, 1.807) is 52.0 Å². The van der Waals surface area contributed by atoms with Crippen LogP contribution in [0.15, 0.2) is 46.1 Å². The summed E-state index contributed by atoms with van der Waals surface area (Å²) in [6.45, 7) is 6.41.